The third kappa shape index (κ3) is 5.35. The Hall–Kier alpha value is -1.34. The normalized spacial score (nSPS) is 21.1. The summed E-state index contributed by atoms with van der Waals surface area (Å²) < 4.78 is 38.6. The van der Waals surface area contributed by atoms with Gasteiger partial charge >= 0.3 is 6.18 Å². The van der Waals surface area contributed by atoms with Crippen LogP contribution in [0.15, 0.2) is 24.3 Å². The second-order valence-corrected chi connectivity index (χ2v) is 8.24. The Kier molecular flexibility index (Phi) is 6.63. The van der Waals surface area contributed by atoms with Gasteiger partial charge in [-0.15, -0.1) is 0 Å². The predicted octanol–water partition coefficient (Wildman–Crippen LogP) is 3.71. The molecule has 3 nitrogen and oxygen atoms in total. The van der Waals surface area contributed by atoms with Crippen molar-refractivity contribution in [2.24, 2.45) is 0 Å². The number of likely N-dealkylation sites (tertiary alicyclic amines) is 1. The van der Waals surface area contributed by atoms with Crippen LogP contribution in [0.1, 0.15) is 50.5 Å². The summed E-state index contributed by atoms with van der Waals surface area (Å²) in [5, 5.41) is 3.50. The third-order valence-corrected chi connectivity index (χ3v) is 6.48. The average Bonchev–Trinajstić information content (AvgIpc) is 2.68. The zero-order chi connectivity index (χ0) is 19.4. The van der Waals surface area contributed by atoms with Crippen LogP contribution in [0.4, 0.5) is 18.9 Å². The van der Waals surface area contributed by atoms with Gasteiger partial charge in [0.2, 0.25) is 0 Å². The second-order valence-electron chi connectivity index (χ2n) is 7.85. The van der Waals surface area contributed by atoms with Gasteiger partial charge in [0.1, 0.15) is 0 Å². The molecule has 0 aromatic heterocycles. The smallest absolute Gasteiger partial charge is 0.349 e. The Balaban J connectivity index is 1.51. The van der Waals surface area contributed by atoms with E-state index in [0.29, 0.717) is 16.8 Å². The molecule has 0 bridgehead atoms. The first-order valence-corrected chi connectivity index (χ1v) is 10.3. The Morgan fingerprint density at radius 2 is 1.70 bits per heavy atom. The Morgan fingerprint density at radius 3 is 2.33 bits per heavy atom. The van der Waals surface area contributed by atoms with Gasteiger partial charge in [0.25, 0.3) is 0 Å². The zero-order valence-corrected chi connectivity index (χ0v) is 16.6. The van der Waals surface area contributed by atoms with Crippen molar-refractivity contribution in [1.82, 2.24) is 4.90 Å². The van der Waals surface area contributed by atoms with Crippen LogP contribution in [0.3, 0.4) is 0 Å². The molecule has 2 N–H and O–H groups in total. The largest absolute Gasteiger partial charge is 0.416 e. The highest BCUT2D eigenvalue weighted by Gasteiger charge is 2.32. The molecule has 1 aliphatic carbocycles. The van der Waals surface area contributed by atoms with E-state index in [9.17, 15) is 13.2 Å². The Bertz CT molecular complexity index is 636. The molecule has 1 heterocycles. The molecular weight excluding hydrogens is 371 g/mol. The van der Waals surface area contributed by atoms with Crippen LogP contribution in [0.5, 0.6) is 0 Å². The fourth-order valence-electron chi connectivity index (χ4n) is 4.40. The van der Waals surface area contributed by atoms with E-state index in [1.54, 1.807) is 11.0 Å². The predicted molar refractivity (Wildman–Crippen MR) is 106 cm³/mol. The Labute approximate surface area is 164 Å². The van der Waals surface area contributed by atoms with E-state index in [-0.39, 0.29) is 0 Å². The van der Waals surface area contributed by atoms with Crippen LogP contribution in [0.2, 0.25) is 0 Å². The summed E-state index contributed by atoms with van der Waals surface area (Å²) in [6.45, 7) is 1.72. The molecule has 2 fully saturated rings. The third-order valence-electron chi connectivity index (χ3n) is 6.12. The number of nitrogens with zero attached hydrogens (tertiary/aromatic N) is 1. The molecule has 0 amide bonds. The highest BCUT2D eigenvalue weighted by Crippen LogP contribution is 2.30. The highest BCUT2D eigenvalue weighted by molar-refractivity contribution is 7.80. The van der Waals surface area contributed by atoms with Crippen molar-refractivity contribution in [3.05, 3.63) is 29.8 Å². The highest BCUT2D eigenvalue weighted by atomic mass is 32.1. The molecule has 1 aliphatic heterocycles. The van der Waals surface area contributed by atoms with Crippen LogP contribution in [0.25, 0.3) is 0 Å². The monoisotopic (exact) mass is 400 g/mol. The number of hydrogen-bond donors (Lipinski definition) is 2. The maximum Gasteiger partial charge on any atom is 0.416 e. The summed E-state index contributed by atoms with van der Waals surface area (Å²) in [6.07, 6.45) is 4.56. The summed E-state index contributed by atoms with van der Waals surface area (Å²) >= 11 is 5.45. The molecular formula is C20H29F3N3S+. The average molecular weight is 401 g/mol. The lowest BCUT2D eigenvalue weighted by atomic mass is 9.92. The molecule has 2 aliphatic rings. The van der Waals surface area contributed by atoms with Crippen molar-refractivity contribution in [3.63, 3.8) is 0 Å². The van der Waals surface area contributed by atoms with Crippen LogP contribution < -0.4 is 10.2 Å². The van der Waals surface area contributed by atoms with Crippen molar-refractivity contribution >= 4 is 23.0 Å². The Morgan fingerprint density at radius 1 is 1.07 bits per heavy atom. The van der Waals surface area contributed by atoms with Gasteiger partial charge in [-0.2, -0.15) is 13.2 Å². The molecule has 1 unspecified atom stereocenters. The molecule has 1 saturated heterocycles. The van der Waals surface area contributed by atoms with Crippen LogP contribution >= 0.6 is 12.2 Å². The van der Waals surface area contributed by atoms with Gasteiger partial charge in [-0.3, -0.25) is 0 Å². The van der Waals surface area contributed by atoms with E-state index in [2.05, 4.69) is 17.3 Å². The van der Waals surface area contributed by atoms with Crippen molar-refractivity contribution in [1.29, 1.82) is 0 Å². The molecule has 3 rings (SSSR count). The molecule has 0 spiro atoms. The van der Waals surface area contributed by atoms with Gasteiger partial charge in [-0.1, -0.05) is 12.5 Å². The van der Waals surface area contributed by atoms with Gasteiger partial charge in [0.15, 0.2) is 5.11 Å². The van der Waals surface area contributed by atoms with E-state index in [4.69, 9.17) is 12.2 Å². The molecule has 1 saturated carbocycles. The van der Waals surface area contributed by atoms with Gasteiger partial charge in [0.05, 0.1) is 24.7 Å². The van der Waals surface area contributed by atoms with E-state index >= 15 is 0 Å². The number of benzene rings is 1. The lowest BCUT2D eigenvalue weighted by molar-refractivity contribution is -0.933. The molecule has 1 aromatic carbocycles. The number of halogens is 3. The van der Waals surface area contributed by atoms with Crippen molar-refractivity contribution in [3.8, 4) is 0 Å². The molecule has 1 atom stereocenters. The zero-order valence-electron chi connectivity index (χ0n) is 15.8. The minimum atomic E-state index is -4.34. The quantitative estimate of drug-likeness (QED) is 0.755. The number of rotatable bonds is 3. The molecule has 0 radical (unpaired) electrons. The number of anilines is 1. The van der Waals surface area contributed by atoms with Crippen molar-refractivity contribution in [2.75, 3.05) is 25.5 Å². The van der Waals surface area contributed by atoms with Crippen LogP contribution in [0, 0.1) is 0 Å². The van der Waals surface area contributed by atoms with Crippen molar-refractivity contribution < 1.29 is 18.1 Å². The minimum absolute atomic E-state index is 0.391. The van der Waals surface area contributed by atoms with Gasteiger partial charge in [0, 0.05) is 31.6 Å². The molecule has 1 aromatic rings. The van der Waals surface area contributed by atoms with Gasteiger partial charge in [-0.05, 0) is 56.1 Å². The number of quaternary nitrogens is 1. The molecule has 150 valence electrons. The number of alkyl halides is 3. The topological polar surface area (TPSA) is 19.7 Å². The number of thiocarbonyl (C=S) groups is 1. The second kappa shape index (κ2) is 8.78. The van der Waals surface area contributed by atoms with E-state index in [0.717, 1.165) is 44.1 Å². The molecule has 27 heavy (non-hydrogen) atoms. The standard InChI is InChI=1S/C20H28F3N3S/c1-25(17-8-3-2-4-9-17)18-10-12-26(13-11-18)19(27)24-16-7-5-6-15(14-16)20(21,22)23/h5-7,14,17-18H,2-4,8-13H2,1H3,(H,24,27)/p+1. The van der Waals surface area contributed by atoms with Crippen LogP contribution in [-0.4, -0.2) is 42.2 Å². The summed E-state index contributed by atoms with van der Waals surface area (Å²) in [6, 6.07) is 6.65. The van der Waals surface area contributed by atoms with E-state index in [1.807, 2.05) is 0 Å². The first kappa shape index (κ1) is 20.4. The van der Waals surface area contributed by atoms with E-state index < -0.39 is 11.7 Å². The maximum atomic E-state index is 12.9. The van der Waals surface area contributed by atoms with Crippen LogP contribution in [-0.2, 0) is 6.18 Å². The minimum Gasteiger partial charge on any atom is -0.349 e. The first-order chi connectivity index (χ1) is 12.8. The summed E-state index contributed by atoms with van der Waals surface area (Å²) in [7, 11) is 2.33. The first-order valence-electron chi connectivity index (χ1n) is 9.91. The van der Waals surface area contributed by atoms with E-state index in [1.165, 1.54) is 38.2 Å². The summed E-state index contributed by atoms with van der Waals surface area (Å²) in [4.78, 5) is 3.74. The fraction of sp³-hybridized carbons (Fsp3) is 0.650. The number of piperidine rings is 1. The lowest BCUT2D eigenvalue weighted by Gasteiger charge is -2.39. The molecule has 7 heteroatoms. The van der Waals surface area contributed by atoms with Crippen molar-refractivity contribution in [2.45, 2.75) is 63.2 Å². The fourth-order valence-corrected chi connectivity index (χ4v) is 4.71. The maximum absolute atomic E-state index is 12.9. The van der Waals surface area contributed by atoms with Gasteiger partial charge < -0.3 is 15.1 Å². The SMILES string of the molecule is C[NH+](C1CCCCC1)C1CCN(C(=S)Nc2cccc(C(F)(F)F)c2)CC1. The number of hydrogen-bond acceptors (Lipinski definition) is 1. The van der Waals surface area contributed by atoms with Gasteiger partial charge in [-0.25, -0.2) is 0 Å². The lowest BCUT2D eigenvalue weighted by Crippen LogP contribution is -3.17. The summed E-state index contributed by atoms with van der Waals surface area (Å²) in [5.74, 6) is 0. The number of nitrogens with one attached hydrogen (secondary N) is 2. The summed E-state index contributed by atoms with van der Waals surface area (Å²) in [5.41, 5.74) is -0.270.